The van der Waals surface area contributed by atoms with Crippen molar-refractivity contribution in [3.05, 3.63) is 93.4 Å². The predicted molar refractivity (Wildman–Crippen MR) is 128 cm³/mol. The lowest BCUT2D eigenvalue weighted by Gasteiger charge is -2.11. The van der Waals surface area contributed by atoms with Gasteiger partial charge >= 0.3 is 0 Å². The highest BCUT2D eigenvalue weighted by molar-refractivity contribution is 9.10. The van der Waals surface area contributed by atoms with Gasteiger partial charge in [-0.05, 0) is 71.8 Å². The summed E-state index contributed by atoms with van der Waals surface area (Å²) < 4.78 is 0.955. The molecule has 0 atom stereocenters. The summed E-state index contributed by atoms with van der Waals surface area (Å²) in [6.07, 6.45) is 0. The van der Waals surface area contributed by atoms with Crippen molar-refractivity contribution >= 4 is 60.9 Å². The Morgan fingerprint density at radius 1 is 0.935 bits per heavy atom. The molecule has 0 spiro atoms. The number of carbonyl (C=O) groups is 1. The first-order chi connectivity index (χ1) is 15.0. The molecule has 0 fully saturated rings. The fourth-order valence-corrected chi connectivity index (χ4v) is 4.18. The number of anilines is 1. The molecule has 0 aliphatic heterocycles. The number of amides is 1. The molecule has 5 rings (SSSR count). The van der Waals surface area contributed by atoms with Crippen LogP contribution in [0.5, 0.6) is 0 Å². The third-order valence-corrected chi connectivity index (χ3v) is 6.09. The van der Waals surface area contributed by atoms with E-state index in [0.717, 1.165) is 32.0 Å². The maximum atomic E-state index is 13.1. The van der Waals surface area contributed by atoms with E-state index in [1.54, 1.807) is 16.9 Å². The summed E-state index contributed by atoms with van der Waals surface area (Å²) in [5, 5.41) is 14.7. The summed E-state index contributed by atoms with van der Waals surface area (Å²) in [6, 6.07) is 22.6. The highest BCUT2D eigenvalue weighted by Gasteiger charge is 2.14. The van der Waals surface area contributed by atoms with Crippen LogP contribution in [0.4, 0.5) is 5.69 Å². The van der Waals surface area contributed by atoms with Crippen molar-refractivity contribution in [3.8, 4) is 5.69 Å². The van der Waals surface area contributed by atoms with Crippen LogP contribution in [0.1, 0.15) is 15.9 Å². The van der Waals surface area contributed by atoms with Crippen molar-refractivity contribution in [2.24, 2.45) is 0 Å². The number of aryl methyl sites for hydroxylation is 1. The summed E-state index contributed by atoms with van der Waals surface area (Å²) in [7, 11) is 0. The van der Waals surface area contributed by atoms with Gasteiger partial charge in [0.1, 0.15) is 11.0 Å². The van der Waals surface area contributed by atoms with Gasteiger partial charge in [0, 0.05) is 20.7 Å². The van der Waals surface area contributed by atoms with Crippen LogP contribution in [-0.4, -0.2) is 20.9 Å². The zero-order valence-electron chi connectivity index (χ0n) is 16.4. The van der Waals surface area contributed by atoms with E-state index < -0.39 is 0 Å². The predicted octanol–water partition coefficient (Wildman–Crippen LogP) is 6.55. The highest BCUT2D eigenvalue weighted by Crippen LogP contribution is 2.28. The first kappa shape index (κ1) is 19.7. The Bertz CT molecular complexity index is 1460. The van der Waals surface area contributed by atoms with Crippen LogP contribution in [0, 0.1) is 6.92 Å². The third kappa shape index (κ3) is 3.69. The van der Waals surface area contributed by atoms with E-state index in [-0.39, 0.29) is 5.91 Å². The van der Waals surface area contributed by atoms with E-state index in [0.29, 0.717) is 21.8 Å². The molecule has 1 heterocycles. The summed E-state index contributed by atoms with van der Waals surface area (Å²) in [4.78, 5) is 14.7. The van der Waals surface area contributed by atoms with Gasteiger partial charge in [-0.3, -0.25) is 4.79 Å². The molecular formula is C24H16BrClN4O. The van der Waals surface area contributed by atoms with Gasteiger partial charge in [-0.2, -0.15) is 4.80 Å². The maximum Gasteiger partial charge on any atom is 0.256 e. The number of benzene rings is 4. The molecule has 5 nitrogen and oxygen atoms in total. The van der Waals surface area contributed by atoms with Crippen LogP contribution in [0.2, 0.25) is 5.02 Å². The van der Waals surface area contributed by atoms with Crippen LogP contribution in [0.15, 0.2) is 77.3 Å². The molecule has 0 saturated carbocycles. The second-order valence-corrected chi connectivity index (χ2v) is 8.51. The molecule has 0 unspecified atom stereocenters. The third-order valence-electron chi connectivity index (χ3n) is 5.15. The van der Waals surface area contributed by atoms with Gasteiger partial charge in [0.05, 0.1) is 5.69 Å². The Labute approximate surface area is 191 Å². The smallest absolute Gasteiger partial charge is 0.256 e. The number of rotatable bonds is 3. The number of hydrogen-bond acceptors (Lipinski definition) is 3. The van der Waals surface area contributed by atoms with Crippen LogP contribution in [0.3, 0.4) is 0 Å². The number of carbonyl (C=O) groups excluding carboxylic acids is 1. The minimum absolute atomic E-state index is 0.170. The molecule has 31 heavy (non-hydrogen) atoms. The van der Waals surface area contributed by atoms with Gasteiger partial charge in [-0.1, -0.05) is 51.8 Å². The second-order valence-electron chi connectivity index (χ2n) is 7.22. The largest absolute Gasteiger partial charge is 0.322 e. The number of nitrogens with zero attached hydrogens (tertiary/aromatic N) is 3. The SMILES string of the molecule is Cc1cc2nn(-c3ccc(Cl)cc3)nc2cc1NC(=O)c1cccc2c(Br)cccc12. The standard InChI is InChI=1S/C24H16BrClN4O/c1-14-12-22-23(29-30(28-22)16-10-8-15(26)9-11-16)13-21(14)27-24(31)19-6-2-5-18-17(19)4-3-7-20(18)25/h2-13H,1H3,(H,27,31). The van der Waals surface area contributed by atoms with E-state index >= 15 is 0 Å². The van der Waals surface area contributed by atoms with Crippen LogP contribution < -0.4 is 5.32 Å². The van der Waals surface area contributed by atoms with Gasteiger partial charge in [-0.25, -0.2) is 0 Å². The Morgan fingerprint density at radius 2 is 1.61 bits per heavy atom. The van der Waals surface area contributed by atoms with Gasteiger partial charge in [0.25, 0.3) is 5.91 Å². The summed E-state index contributed by atoms with van der Waals surface area (Å²) in [5.41, 5.74) is 4.47. The number of halogens is 2. The first-order valence-electron chi connectivity index (χ1n) is 9.62. The molecule has 4 aromatic carbocycles. The van der Waals surface area contributed by atoms with Crippen LogP contribution in [0.25, 0.3) is 27.5 Å². The number of nitrogens with one attached hydrogen (secondary N) is 1. The molecule has 7 heteroatoms. The second kappa shape index (κ2) is 7.80. The Kier molecular flexibility index (Phi) is 4.96. The quantitative estimate of drug-likeness (QED) is 0.311. The van der Waals surface area contributed by atoms with E-state index in [2.05, 4.69) is 31.4 Å². The lowest BCUT2D eigenvalue weighted by atomic mass is 10.0. The average Bonchev–Trinajstić information content (AvgIpc) is 3.17. The zero-order valence-corrected chi connectivity index (χ0v) is 18.8. The van der Waals surface area contributed by atoms with Crippen molar-refractivity contribution in [3.63, 3.8) is 0 Å². The lowest BCUT2D eigenvalue weighted by molar-refractivity contribution is 0.102. The molecular weight excluding hydrogens is 476 g/mol. The molecule has 152 valence electrons. The number of aromatic nitrogens is 3. The highest BCUT2D eigenvalue weighted by atomic mass is 79.9. The molecule has 1 aromatic heterocycles. The monoisotopic (exact) mass is 490 g/mol. The molecule has 5 aromatic rings. The topological polar surface area (TPSA) is 59.8 Å². The average molecular weight is 492 g/mol. The first-order valence-corrected chi connectivity index (χ1v) is 10.8. The summed E-state index contributed by atoms with van der Waals surface area (Å²) in [6.45, 7) is 1.94. The maximum absolute atomic E-state index is 13.1. The van der Waals surface area contributed by atoms with E-state index in [1.165, 1.54) is 0 Å². The fourth-order valence-electron chi connectivity index (χ4n) is 3.55. The Morgan fingerprint density at radius 3 is 2.39 bits per heavy atom. The van der Waals surface area contributed by atoms with Crippen molar-refractivity contribution < 1.29 is 4.79 Å². The van der Waals surface area contributed by atoms with Crippen LogP contribution in [-0.2, 0) is 0 Å². The van der Waals surface area contributed by atoms with Crippen molar-refractivity contribution in [2.45, 2.75) is 6.92 Å². The minimum Gasteiger partial charge on any atom is -0.322 e. The number of fused-ring (bicyclic) bond motifs is 2. The molecule has 0 aliphatic rings. The molecule has 0 aliphatic carbocycles. The molecule has 0 saturated heterocycles. The molecule has 1 N–H and O–H groups in total. The molecule has 1 amide bonds. The van der Waals surface area contributed by atoms with Gasteiger partial charge in [0.2, 0.25) is 0 Å². The number of hydrogen-bond donors (Lipinski definition) is 1. The Hall–Kier alpha value is -3.22. The van der Waals surface area contributed by atoms with Crippen molar-refractivity contribution in [2.75, 3.05) is 5.32 Å². The fraction of sp³-hybridized carbons (Fsp3) is 0.0417. The van der Waals surface area contributed by atoms with Gasteiger partial charge in [-0.15, -0.1) is 10.2 Å². The molecule has 0 bridgehead atoms. The lowest BCUT2D eigenvalue weighted by Crippen LogP contribution is -2.13. The zero-order chi connectivity index (χ0) is 21.5. The van der Waals surface area contributed by atoms with Gasteiger partial charge < -0.3 is 5.32 Å². The van der Waals surface area contributed by atoms with Crippen molar-refractivity contribution in [1.29, 1.82) is 0 Å². The van der Waals surface area contributed by atoms with E-state index in [1.807, 2.05) is 67.6 Å². The summed E-state index contributed by atoms with van der Waals surface area (Å²) in [5.74, 6) is -0.170. The van der Waals surface area contributed by atoms with Gasteiger partial charge in [0.15, 0.2) is 0 Å². The van der Waals surface area contributed by atoms with E-state index in [9.17, 15) is 4.79 Å². The normalized spacial score (nSPS) is 11.2. The molecule has 0 radical (unpaired) electrons. The Balaban J connectivity index is 1.51. The summed E-state index contributed by atoms with van der Waals surface area (Å²) >= 11 is 9.53. The minimum atomic E-state index is -0.170. The van der Waals surface area contributed by atoms with Crippen molar-refractivity contribution in [1.82, 2.24) is 15.0 Å². The van der Waals surface area contributed by atoms with Crippen LogP contribution >= 0.6 is 27.5 Å². The van der Waals surface area contributed by atoms with E-state index in [4.69, 9.17) is 11.6 Å².